The van der Waals surface area contributed by atoms with E-state index in [0.29, 0.717) is 4.90 Å². The number of halogens is 4. The average Bonchev–Trinajstić information content (AvgIpc) is 2.12. The Morgan fingerprint density at radius 2 is 1.94 bits per heavy atom. The third-order valence-electron chi connectivity index (χ3n) is 1.68. The molecule has 0 N–H and O–H groups in total. The van der Waals surface area contributed by atoms with Crippen LogP contribution in [0.5, 0.6) is 0 Å². The molecule has 0 atom stereocenters. The minimum atomic E-state index is -4.99. The van der Waals surface area contributed by atoms with Gasteiger partial charge in [-0.25, -0.2) is 4.39 Å². The van der Waals surface area contributed by atoms with Crippen molar-refractivity contribution in [2.24, 2.45) is 0 Å². The second-order valence-corrected chi connectivity index (χ2v) is 4.03. The fourth-order valence-electron chi connectivity index (χ4n) is 0.827. The maximum absolute atomic E-state index is 12.7. The van der Waals surface area contributed by atoms with Gasteiger partial charge in [-0.1, -0.05) is 6.07 Å². The first-order valence-electron chi connectivity index (χ1n) is 4.15. The van der Waals surface area contributed by atoms with Gasteiger partial charge in [0, 0.05) is 4.90 Å². The van der Waals surface area contributed by atoms with Gasteiger partial charge < -0.3 is 12.9 Å². The van der Waals surface area contributed by atoms with E-state index in [9.17, 15) is 17.3 Å². The Morgan fingerprint density at radius 1 is 1.31 bits per heavy atom. The van der Waals surface area contributed by atoms with E-state index in [4.69, 9.17) is 0 Å². The van der Waals surface area contributed by atoms with Crippen LogP contribution in [0.2, 0.25) is 0 Å². The summed E-state index contributed by atoms with van der Waals surface area (Å²) in [5.74, 6) is -0.712. The zero-order valence-corrected chi connectivity index (χ0v) is 12.7. The van der Waals surface area contributed by atoms with Crippen LogP contribution in [0, 0.1) is 5.82 Å². The van der Waals surface area contributed by atoms with Crippen LogP contribution in [0.15, 0.2) is 41.2 Å². The van der Waals surface area contributed by atoms with E-state index in [-0.39, 0.29) is 57.1 Å². The van der Waals surface area contributed by atoms with Crippen LogP contribution < -0.4 is 51.4 Å². The van der Waals surface area contributed by atoms with E-state index >= 15 is 0 Å². The van der Waals surface area contributed by atoms with Gasteiger partial charge in [-0.2, -0.15) is 0 Å². The van der Waals surface area contributed by atoms with Gasteiger partial charge in [-0.05, 0) is 24.0 Å². The molecule has 0 nitrogen and oxygen atoms in total. The standard InChI is InChI=1S/C9H8BF4S.K/c1-7(10(12,13)14)6-15-9-4-2-3-8(11)5-9;/h2-5H,1,6H2;/q-1;+1. The molecule has 0 fully saturated rings. The first-order chi connectivity index (χ1) is 6.89. The zero-order chi connectivity index (χ0) is 11.5. The van der Waals surface area contributed by atoms with Gasteiger partial charge in [0.25, 0.3) is 0 Å². The van der Waals surface area contributed by atoms with Crippen LogP contribution in [-0.2, 0) is 0 Å². The molecule has 82 valence electrons. The molecule has 0 spiro atoms. The summed E-state index contributed by atoms with van der Waals surface area (Å²) >= 11 is 0.926. The van der Waals surface area contributed by atoms with Crippen LogP contribution in [0.4, 0.5) is 17.3 Å². The Bertz CT molecular complexity index is 367. The second kappa shape index (κ2) is 7.23. The van der Waals surface area contributed by atoms with Crippen molar-refractivity contribution in [3.63, 3.8) is 0 Å². The molecule has 0 aliphatic carbocycles. The number of benzene rings is 1. The summed E-state index contributed by atoms with van der Waals surface area (Å²) in [6.45, 7) is -2.04. The maximum atomic E-state index is 12.7. The molecule has 1 rings (SSSR count). The third-order valence-corrected chi connectivity index (χ3v) is 2.79. The summed E-state index contributed by atoms with van der Waals surface area (Å²) < 4.78 is 49.0. The maximum Gasteiger partial charge on any atom is 1.00 e. The SMILES string of the molecule is C=C(CSc1cccc(F)c1)[B-](F)(F)F.[K+]. The Hall–Kier alpha value is 0.731. The molecule has 0 bridgehead atoms. The minimum absolute atomic E-state index is 0. The van der Waals surface area contributed by atoms with Crippen molar-refractivity contribution in [1.29, 1.82) is 0 Å². The molecular weight excluding hydrogens is 266 g/mol. The first kappa shape index (κ1) is 16.7. The molecule has 0 aromatic heterocycles. The van der Waals surface area contributed by atoms with Crippen LogP contribution >= 0.6 is 11.8 Å². The van der Waals surface area contributed by atoms with Gasteiger partial charge in [0.1, 0.15) is 5.82 Å². The first-order valence-corrected chi connectivity index (χ1v) is 5.14. The van der Waals surface area contributed by atoms with Gasteiger partial charge in [-0.3, -0.25) is 0 Å². The summed E-state index contributed by atoms with van der Waals surface area (Å²) in [6.07, 6.45) is 0. The molecule has 0 radical (unpaired) electrons. The fraction of sp³-hybridized carbons (Fsp3) is 0.111. The topological polar surface area (TPSA) is 0 Å². The molecule has 0 aliphatic heterocycles. The summed E-state index contributed by atoms with van der Waals surface area (Å²) in [5, 5.41) is 0. The summed E-state index contributed by atoms with van der Waals surface area (Å²) in [4.78, 5) is 0.469. The zero-order valence-electron chi connectivity index (χ0n) is 8.72. The van der Waals surface area contributed by atoms with E-state index in [1.165, 1.54) is 18.2 Å². The summed E-state index contributed by atoms with van der Waals surface area (Å²) in [5.41, 5.74) is -0.760. The smallest absolute Gasteiger partial charge is 0.445 e. The Kier molecular flexibility index (Phi) is 7.56. The molecular formula is C9H8BF4KS. The van der Waals surface area contributed by atoms with Crippen molar-refractivity contribution in [1.82, 2.24) is 0 Å². The molecule has 0 unspecified atom stereocenters. The van der Waals surface area contributed by atoms with Crippen molar-refractivity contribution in [2.45, 2.75) is 4.90 Å². The molecule has 0 heterocycles. The van der Waals surface area contributed by atoms with E-state index in [2.05, 4.69) is 6.58 Å². The van der Waals surface area contributed by atoms with Crippen LogP contribution in [0.25, 0.3) is 0 Å². The Labute approximate surface area is 138 Å². The van der Waals surface area contributed by atoms with Crippen LogP contribution in [0.3, 0.4) is 0 Å². The van der Waals surface area contributed by atoms with Crippen molar-refractivity contribution in [2.75, 3.05) is 5.75 Å². The van der Waals surface area contributed by atoms with Gasteiger partial charge >= 0.3 is 58.4 Å². The van der Waals surface area contributed by atoms with E-state index in [1.54, 1.807) is 6.07 Å². The van der Waals surface area contributed by atoms with Crippen molar-refractivity contribution in [3.05, 3.63) is 42.1 Å². The number of rotatable bonds is 4. The Morgan fingerprint density at radius 3 is 2.44 bits per heavy atom. The van der Waals surface area contributed by atoms with E-state index < -0.39 is 18.3 Å². The van der Waals surface area contributed by atoms with Crippen molar-refractivity contribution < 1.29 is 68.7 Å². The normalized spacial score (nSPS) is 10.8. The number of hydrogen-bond donors (Lipinski definition) is 0. The quantitative estimate of drug-likeness (QED) is 0.446. The molecule has 0 saturated carbocycles. The van der Waals surface area contributed by atoms with Crippen molar-refractivity contribution >= 4 is 18.7 Å². The fourth-order valence-corrected chi connectivity index (χ4v) is 1.74. The summed E-state index contributed by atoms with van der Waals surface area (Å²) in [6, 6.07) is 5.46. The molecule has 0 saturated heterocycles. The molecule has 1 aromatic carbocycles. The van der Waals surface area contributed by atoms with Gasteiger partial charge in [0.15, 0.2) is 0 Å². The van der Waals surface area contributed by atoms with Gasteiger partial charge in [0.2, 0.25) is 0 Å². The van der Waals surface area contributed by atoms with E-state index in [0.717, 1.165) is 11.8 Å². The third kappa shape index (κ3) is 5.88. The number of thioether (sulfide) groups is 1. The predicted octanol–water partition coefficient (Wildman–Crippen LogP) is 0.865. The van der Waals surface area contributed by atoms with Crippen LogP contribution in [-0.4, -0.2) is 12.7 Å². The molecule has 1 aromatic rings. The predicted molar refractivity (Wildman–Crippen MR) is 55.3 cm³/mol. The number of hydrogen-bond acceptors (Lipinski definition) is 1. The minimum Gasteiger partial charge on any atom is -0.445 e. The monoisotopic (exact) mass is 274 g/mol. The van der Waals surface area contributed by atoms with Gasteiger partial charge in [0.05, 0.1) is 0 Å². The van der Waals surface area contributed by atoms with E-state index in [1.807, 2.05) is 0 Å². The molecule has 0 aliphatic rings. The van der Waals surface area contributed by atoms with Crippen molar-refractivity contribution in [3.8, 4) is 0 Å². The average molecular weight is 274 g/mol. The molecule has 0 amide bonds. The Balaban J connectivity index is 0.00000225. The van der Waals surface area contributed by atoms with Crippen LogP contribution in [0.1, 0.15) is 0 Å². The summed E-state index contributed by atoms with van der Waals surface area (Å²) in [7, 11) is 0. The molecule has 16 heavy (non-hydrogen) atoms. The largest absolute Gasteiger partial charge is 1.00 e. The second-order valence-electron chi connectivity index (χ2n) is 2.98. The van der Waals surface area contributed by atoms with Gasteiger partial charge in [-0.15, -0.1) is 23.8 Å². The molecule has 7 heteroatoms.